The van der Waals surface area contributed by atoms with Crippen molar-refractivity contribution in [1.82, 2.24) is 14.7 Å². The Morgan fingerprint density at radius 1 is 1.21 bits per heavy atom. The van der Waals surface area contributed by atoms with Gasteiger partial charge in [-0.25, -0.2) is 4.68 Å². The first-order chi connectivity index (χ1) is 14.0. The zero-order chi connectivity index (χ0) is 20.5. The molecule has 1 amide bonds. The first kappa shape index (κ1) is 19.9. The number of amides is 1. The number of fused-ring (bicyclic) bond motifs is 1. The fourth-order valence-corrected chi connectivity index (χ4v) is 4.32. The number of carbonyl (C=O) groups excluding carboxylic acids is 1. The van der Waals surface area contributed by atoms with Crippen molar-refractivity contribution in [3.63, 3.8) is 0 Å². The van der Waals surface area contributed by atoms with Crippen LogP contribution in [0.1, 0.15) is 39.8 Å². The maximum Gasteiger partial charge on any atom is 0.256 e. The molecule has 150 valence electrons. The normalized spacial score (nSPS) is 16.0. The van der Waals surface area contributed by atoms with Gasteiger partial charge >= 0.3 is 0 Å². The third kappa shape index (κ3) is 3.74. The Kier molecular flexibility index (Phi) is 5.56. The molecule has 1 aliphatic heterocycles. The minimum Gasteiger partial charge on any atom is -0.394 e. The summed E-state index contributed by atoms with van der Waals surface area (Å²) in [6.07, 6.45) is 1.49. The lowest BCUT2D eigenvalue weighted by molar-refractivity contribution is 0.0544. The maximum absolute atomic E-state index is 13.7. The van der Waals surface area contributed by atoms with Crippen LogP contribution in [0.3, 0.4) is 0 Å². The van der Waals surface area contributed by atoms with Gasteiger partial charge in [-0.3, -0.25) is 4.79 Å². The molecule has 0 radical (unpaired) electrons. The second-order valence-electron chi connectivity index (χ2n) is 7.45. The van der Waals surface area contributed by atoms with Gasteiger partial charge in [0.05, 0.1) is 29.6 Å². The van der Waals surface area contributed by atoms with Crippen molar-refractivity contribution in [2.75, 3.05) is 6.61 Å². The fourth-order valence-electron chi connectivity index (χ4n) is 3.96. The van der Waals surface area contributed by atoms with E-state index in [1.54, 1.807) is 4.90 Å². The van der Waals surface area contributed by atoms with E-state index in [2.05, 4.69) is 40.1 Å². The number of aliphatic hydroxyl groups is 1. The molecule has 1 atom stereocenters. The molecular formula is C23H24BrN3O2. The average molecular weight is 454 g/mol. The van der Waals surface area contributed by atoms with E-state index in [0.717, 1.165) is 33.5 Å². The highest BCUT2D eigenvalue weighted by Gasteiger charge is 2.31. The van der Waals surface area contributed by atoms with Gasteiger partial charge in [0.25, 0.3) is 5.91 Å². The zero-order valence-corrected chi connectivity index (χ0v) is 18.2. The van der Waals surface area contributed by atoms with Crippen LogP contribution in [0, 0.1) is 6.92 Å². The van der Waals surface area contributed by atoms with Gasteiger partial charge in [-0.1, -0.05) is 47.1 Å². The number of hydrogen-bond donors (Lipinski definition) is 1. The molecule has 4 rings (SSSR count). The Hall–Kier alpha value is -2.44. The lowest BCUT2D eigenvalue weighted by Crippen LogP contribution is -2.46. The fraction of sp³-hybridized carbons (Fsp3) is 0.304. The third-order valence-electron chi connectivity index (χ3n) is 5.54. The number of aryl methyl sites for hydroxylation is 2. The molecule has 2 aromatic carbocycles. The van der Waals surface area contributed by atoms with Crippen LogP contribution in [-0.4, -0.2) is 38.3 Å². The predicted molar refractivity (Wildman–Crippen MR) is 116 cm³/mol. The van der Waals surface area contributed by atoms with E-state index in [1.165, 1.54) is 5.56 Å². The molecule has 0 spiro atoms. The molecule has 0 saturated heterocycles. The summed E-state index contributed by atoms with van der Waals surface area (Å²) in [6.45, 7) is 4.49. The summed E-state index contributed by atoms with van der Waals surface area (Å²) < 4.78 is 2.67. The van der Waals surface area contributed by atoms with E-state index < -0.39 is 0 Å². The number of rotatable bonds is 4. The monoisotopic (exact) mass is 453 g/mol. The molecule has 0 saturated carbocycles. The molecule has 1 aromatic heterocycles. The molecule has 1 aliphatic rings. The predicted octanol–water partition coefficient (Wildman–Crippen LogP) is 4.07. The van der Waals surface area contributed by atoms with E-state index in [1.807, 2.05) is 48.0 Å². The molecule has 6 heteroatoms. The lowest BCUT2D eigenvalue weighted by atomic mass is 9.93. The van der Waals surface area contributed by atoms with Crippen molar-refractivity contribution >= 4 is 21.8 Å². The topological polar surface area (TPSA) is 58.4 Å². The van der Waals surface area contributed by atoms with Crippen LogP contribution in [0.5, 0.6) is 0 Å². The number of aromatic nitrogens is 2. The van der Waals surface area contributed by atoms with Gasteiger partial charge in [-0.15, -0.1) is 0 Å². The average Bonchev–Trinajstić information content (AvgIpc) is 3.12. The van der Waals surface area contributed by atoms with Crippen molar-refractivity contribution in [3.8, 4) is 5.69 Å². The molecule has 29 heavy (non-hydrogen) atoms. The van der Waals surface area contributed by atoms with Crippen LogP contribution in [0.15, 0.2) is 53.0 Å². The maximum atomic E-state index is 13.7. The molecule has 1 N–H and O–H groups in total. The Balaban J connectivity index is 1.77. The number of halogens is 1. The van der Waals surface area contributed by atoms with Gasteiger partial charge in [0, 0.05) is 16.7 Å². The quantitative estimate of drug-likeness (QED) is 0.647. The van der Waals surface area contributed by atoms with Crippen LogP contribution in [-0.2, 0) is 19.4 Å². The van der Waals surface area contributed by atoms with E-state index >= 15 is 0 Å². The third-order valence-corrected chi connectivity index (χ3v) is 6.04. The Labute approximate surface area is 179 Å². The van der Waals surface area contributed by atoms with Crippen molar-refractivity contribution in [3.05, 3.63) is 81.1 Å². The molecule has 0 fully saturated rings. The van der Waals surface area contributed by atoms with Crippen LogP contribution in [0.2, 0.25) is 0 Å². The summed E-state index contributed by atoms with van der Waals surface area (Å²) >= 11 is 3.51. The van der Waals surface area contributed by atoms with Crippen molar-refractivity contribution in [1.29, 1.82) is 0 Å². The second-order valence-corrected chi connectivity index (χ2v) is 8.36. The summed E-state index contributed by atoms with van der Waals surface area (Å²) in [4.78, 5) is 15.5. The molecule has 2 heterocycles. The van der Waals surface area contributed by atoms with Gasteiger partial charge in [0.2, 0.25) is 0 Å². The summed E-state index contributed by atoms with van der Waals surface area (Å²) in [5, 5.41) is 14.7. The number of aliphatic hydroxyl groups excluding tert-OH is 1. The molecule has 5 nitrogen and oxygen atoms in total. The van der Waals surface area contributed by atoms with E-state index in [4.69, 9.17) is 0 Å². The largest absolute Gasteiger partial charge is 0.394 e. The Morgan fingerprint density at radius 2 is 1.97 bits per heavy atom. The van der Waals surface area contributed by atoms with Crippen molar-refractivity contribution in [2.45, 2.75) is 39.3 Å². The SMILES string of the molecule is CCc1cc(C)n(-c2ccc(Br)cc2C(=O)N2Cc3ccccc3C[C@H]2CO)n1. The van der Waals surface area contributed by atoms with Crippen LogP contribution < -0.4 is 0 Å². The number of nitrogens with zero attached hydrogens (tertiary/aromatic N) is 3. The van der Waals surface area contributed by atoms with Crippen molar-refractivity contribution < 1.29 is 9.90 Å². The first-order valence-electron chi connectivity index (χ1n) is 9.86. The van der Waals surface area contributed by atoms with Crippen LogP contribution >= 0.6 is 15.9 Å². The summed E-state index contributed by atoms with van der Waals surface area (Å²) in [5.74, 6) is -0.0946. The van der Waals surface area contributed by atoms with Crippen molar-refractivity contribution in [2.24, 2.45) is 0 Å². The van der Waals surface area contributed by atoms with Gasteiger partial charge in [0.15, 0.2) is 0 Å². The first-order valence-corrected chi connectivity index (χ1v) is 10.6. The molecule has 0 unspecified atom stereocenters. The molecule has 0 bridgehead atoms. The van der Waals surface area contributed by atoms with E-state index in [0.29, 0.717) is 18.5 Å². The van der Waals surface area contributed by atoms with E-state index in [-0.39, 0.29) is 18.6 Å². The highest BCUT2D eigenvalue weighted by Crippen LogP contribution is 2.28. The van der Waals surface area contributed by atoms with E-state index in [9.17, 15) is 9.90 Å². The molecule has 0 aliphatic carbocycles. The highest BCUT2D eigenvalue weighted by atomic mass is 79.9. The summed E-state index contributed by atoms with van der Waals surface area (Å²) in [5.41, 5.74) is 5.63. The summed E-state index contributed by atoms with van der Waals surface area (Å²) in [6, 6.07) is 15.6. The van der Waals surface area contributed by atoms with Gasteiger partial charge in [0.1, 0.15) is 0 Å². The lowest BCUT2D eigenvalue weighted by Gasteiger charge is -2.36. The number of benzene rings is 2. The van der Waals surface area contributed by atoms with Crippen LogP contribution in [0.25, 0.3) is 5.69 Å². The number of hydrogen-bond acceptors (Lipinski definition) is 3. The molecule has 3 aromatic rings. The van der Waals surface area contributed by atoms with Gasteiger partial charge < -0.3 is 10.0 Å². The zero-order valence-electron chi connectivity index (χ0n) is 16.6. The Morgan fingerprint density at radius 3 is 2.66 bits per heavy atom. The standard InChI is InChI=1S/C23H24BrN3O2/c1-3-19-10-15(2)27(25-19)22-9-8-18(24)12-21(22)23(29)26-13-17-7-5-4-6-16(17)11-20(26)14-28/h4-10,12,20,28H,3,11,13-14H2,1-2H3/t20-/m0/s1. The number of carbonyl (C=O) groups is 1. The smallest absolute Gasteiger partial charge is 0.256 e. The molecular weight excluding hydrogens is 430 g/mol. The summed E-state index contributed by atoms with van der Waals surface area (Å²) in [7, 11) is 0. The minimum atomic E-state index is -0.242. The second kappa shape index (κ2) is 8.13. The van der Waals surface area contributed by atoms with Crippen LogP contribution in [0.4, 0.5) is 0 Å². The highest BCUT2D eigenvalue weighted by molar-refractivity contribution is 9.10. The Bertz CT molecular complexity index is 1060. The minimum absolute atomic E-state index is 0.0653. The van der Waals surface area contributed by atoms with Gasteiger partial charge in [-0.2, -0.15) is 5.10 Å². The van der Waals surface area contributed by atoms with Gasteiger partial charge in [-0.05, 0) is 55.2 Å².